The van der Waals surface area contributed by atoms with Crippen LogP contribution < -0.4 is 16.0 Å². The number of aromatic amines is 1. The molecular formula is C21H26F3N5O3. The second-order valence-corrected chi connectivity index (χ2v) is 9.19. The van der Waals surface area contributed by atoms with E-state index in [9.17, 15) is 32.8 Å². The van der Waals surface area contributed by atoms with Gasteiger partial charge in [-0.3, -0.25) is 14.4 Å². The molecule has 3 atom stereocenters. The fourth-order valence-corrected chi connectivity index (χ4v) is 3.93. The molecule has 1 saturated carbocycles. The highest BCUT2D eigenvalue weighted by Gasteiger charge is 2.39. The van der Waals surface area contributed by atoms with Crippen molar-refractivity contribution in [3.8, 4) is 6.07 Å². The van der Waals surface area contributed by atoms with Crippen LogP contribution in [0.2, 0.25) is 0 Å². The van der Waals surface area contributed by atoms with Gasteiger partial charge in [0.15, 0.2) is 0 Å². The Morgan fingerprint density at radius 1 is 1.25 bits per heavy atom. The Balaban J connectivity index is 1.63. The number of amides is 3. The molecule has 0 unspecified atom stereocenters. The highest BCUT2D eigenvalue weighted by molar-refractivity contribution is 5.96. The van der Waals surface area contributed by atoms with Gasteiger partial charge >= 0.3 is 6.18 Å². The Morgan fingerprint density at radius 2 is 1.94 bits per heavy atom. The molecule has 1 saturated heterocycles. The number of hydrogen-bond acceptors (Lipinski definition) is 4. The number of hydrogen-bond donors (Lipinski definition) is 4. The van der Waals surface area contributed by atoms with Crippen LogP contribution in [0.25, 0.3) is 0 Å². The van der Waals surface area contributed by atoms with E-state index < -0.39 is 41.7 Å². The summed E-state index contributed by atoms with van der Waals surface area (Å²) in [5.74, 6) is -1.82. The Labute approximate surface area is 183 Å². The molecule has 3 amide bonds. The number of alkyl halides is 3. The third-order valence-electron chi connectivity index (χ3n) is 5.71. The first kappa shape index (κ1) is 23.6. The smallest absolute Gasteiger partial charge is 0.351 e. The molecule has 4 N–H and O–H groups in total. The molecule has 8 nitrogen and oxygen atoms in total. The van der Waals surface area contributed by atoms with Gasteiger partial charge in [-0.15, -0.1) is 0 Å². The van der Waals surface area contributed by atoms with Crippen molar-refractivity contribution in [2.75, 3.05) is 0 Å². The first-order chi connectivity index (χ1) is 14.9. The third-order valence-corrected chi connectivity index (χ3v) is 5.71. The summed E-state index contributed by atoms with van der Waals surface area (Å²) in [4.78, 5) is 39.4. The number of carbonyl (C=O) groups is 3. The zero-order valence-corrected chi connectivity index (χ0v) is 17.8. The Kier molecular flexibility index (Phi) is 6.53. The molecule has 11 heteroatoms. The normalized spacial score (nSPS) is 21.9. The van der Waals surface area contributed by atoms with Crippen LogP contribution in [0.3, 0.4) is 0 Å². The van der Waals surface area contributed by atoms with Crippen LogP contribution in [-0.2, 0) is 15.8 Å². The quantitative estimate of drug-likeness (QED) is 0.481. The van der Waals surface area contributed by atoms with Crippen LogP contribution in [-0.4, -0.2) is 40.3 Å². The van der Waals surface area contributed by atoms with Gasteiger partial charge in [-0.25, -0.2) is 0 Å². The summed E-state index contributed by atoms with van der Waals surface area (Å²) in [6.07, 6.45) is -1.87. The fourth-order valence-electron chi connectivity index (χ4n) is 3.93. The number of halogens is 3. The number of H-pyrrole nitrogens is 1. The van der Waals surface area contributed by atoms with Crippen LogP contribution in [0, 0.1) is 23.2 Å². The van der Waals surface area contributed by atoms with Crippen molar-refractivity contribution >= 4 is 17.7 Å². The van der Waals surface area contributed by atoms with Crippen molar-refractivity contribution in [3.05, 3.63) is 23.5 Å². The van der Waals surface area contributed by atoms with E-state index in [0.29, 0.717) is 12.8 Å². The van der Waals surface area contributed by atoms with Gasteiger partial charge in [0.2, 0.25) is 11.8 Å². The van der Waals surface area contributed by atoms with Crippen LogP contribution in [0.1, 0.15) is 62.1 Å². The van der Waals surface area contributed by atoms with Gasteiger partial charge in [-0.2, -0.15) is 18.4 Å². The molecule has 0 spiro atoms. The van der Waals surface area contributed by atoms with E-state index in [4.69, 9.17) is 0 Å². The Morgan fingerprint density at radius 3 is 2.44 bits per heavy atom. The number of aromatic nitrogens is 1. The zero-order valence-electron chi connectivity index (χ0n) is 17.8. The molecule has 0 aromatic carbocycles. The maximum Gasteiger partial charge on any atom is 0.431 e. The zero-order chi connectivity index (χ0) is 23.7. The lowest BCUT2D eigenvalue weighted by Gasteiger charge is -2.21. The second-order valence-electron chi connectivity index (χ2n) is 9.19. The van der Waals surface area contributed by atoms with Gasteiger partial charge < -0.3 is 20.9 Å². The molecule has 1 aliphatic carbocycles. The fraction of sp³-hybridized carbons (Fsp3) is 0.619. The molecule has 2 fully saturated rings. The number of nitriles is 1. The predicted octanol–water partition coefficient (Wildman–Crippen LogP) is 2.25. The lowest BCUT2D eigenvalue weighted by molar-refractivity contribution is -0.140. The Bertz CT molecular complexity index is 930. The van der Waals surface area contributed by atoms with E-state index in [1.807, 2.05) is 24.9 Å². The first-order valence-electron chi connectivity index (χ1n) is 10.5. The summed E-state index contributed by atoms with van der Waals surface area (Å²) in [5, 5.41) is 17.4. The van der Waals surface area contributed by atoms with Crippen LogP contribution in [0.15, 0.2) is 12.1 Å². The number of rotatable bonds is 8. The highest BCUT2D eigenvalue weighted by Crippen LogP contribution is 2.34. The molecule has 32 heavy (non-hydrogen) atoms. The molecular weight excluding hydrogens is 427 g/mol. The molecule has 3 rings (SSSR count). The molecule has 0 radical (unpaired) electrons. The monoisotopic (exact) mass is 453 g/mol. The van der Waals surface area contributed by atoms with E-state index >= 15 is 0 Å². The van der Waals surface area contributed by atoms with Crippen molar-refractivity contribution in [1.29, 1.82) is 5.26 Å². The summed E-state index contributed by atoms with van der Waals surface area (Å²) in [7, 11) is 0. The third kappa shape index (κ3) is 6.02. The van der Waals surface area contributed by atoms with Gasteiger partial charge in [-0.1, -0.05) is 12.8 Å². The van der Waals surface area contributed by atoms with Crippen molar-refractivity contribution in [2.24, 2.45) is 11.8 Å². The summed E-state index contributed by atoms with van der Waals surface area (Å²) in [5.41, 5.74) is -1.76. The average Bonchev–Trinajstić information content (AvgIpc) is 3.26. The van der Waals surface area contributed by atoms with Crippen LogP contribution >= 0.6 is 0 Å². The van der Waals surface area contributed by atoms with Gasteiger partial charge in [0, 0.05) is 11.5 Å². The second kappa shape index (κ2) is 8.84. The van der Waals surface area contributed by atoms with Crippen LogP contribution in [0.5, 0.6) is 0 Å². The van der Waals surface area contributed by atoms with E-state index in [-0.39, 0.29) is 29.5 Å². The predicted molar refractivity (Wildman–Crippen MR) is 107 cm³/mol. The average molecular weight is 453 g/mol. The van der Waals surface area contributed by atoms with Gasteiger partial charge in [-0.05, 0) is 51.2 Å². The molecule has 2 heterocycles. The first-order valence-corrected chi connectivity index (χ1v) is 10.5. The SMILES string of the molecule is CC1(C)C[C@@H](C[C@@H](C#N)NC(=O)[C@H](CC2CC2)NC(=O)c2ccc(C(F)(F)F)[nH]2)C(=O)N1. The maximum absolute atomic E-state index is 12.8. The van der Waals surface area contributed by atoms with Crippen LogP contribution in [0.4, 0.5) is 13.2 Å². The summed E-state index contributed by atoms with van der Waals surface area (Å²) >= 11 is 0. The van der Waals surface area contributed by atoms with E-state index in [0.717, 1.165) is 25.0 Å². The van der Waals surface area contributed by atoms with Gasteiger partial charge in [0.25, 0.3) is 5.91 Å². The van der Waals surface area contributed by atoms with Crippen molar-refractivity contribution in [3.63, 3.8) is 0 Å². The standard InChI is InChI=1S/C21H26F3N5O3/c1-20(2)9-12(17(30)29-20)8-13(10-25)26-19(32)15(7-11-3-4-11)28-18(31)14-5-6-16(27-14)21(22,23)24/h5-6,11-13,15,27H,3-4,7-9H2,1-2H3,(H,26,32)(H,28,31)(H,29,30)/t12-,13+,15+/m1/s1. The van der Waals surface area contributed by atoms with E-state index in [1.54, 1.807) is 0 Å². The minimum atomic E-state index is -4.62. The van der Waals surface area contributed by atoms with Crippen molar-refractivity contribution in [2.45, 2.75) is 69.8 Å². The summed E-state index contributed by atoms with van der Waals surface area (Å²) in [6.45, 7) is 3.74. The summed E-state index contributed by atoms with van der Waals surface area (Å²) in [6, 6.07) is 1.80. The molecule has 2 aliphatic rings. The van der Waals surface area contributed by atoms with Gasteiger partial charge in [0.05, 0.1) is 6.07 Å². The maximum atomic E-state index is 12.8. The lowest BCUT2D eigenvalue weighted by Crippen LogP contribution is -2.50. The molecule has 1 aromatic rings. The number of carbonyl (C=O) groups excluding carboxylic acids is 3. The minimum absolute atomic E-state index is 0.132. The number of nitrogens with zero attached hydrogens (tertiary/aromatic N) is 1. The molecule has 174 valence electrons. The highest BCUT2D eigenvalue weighted by atomic mass is 19.4. The Hall–Kier alpha value is -3.03. The van der Waals surface area contributed by atoms with E-state index in [2.05, 4.69) is 16.0 Å². The summed E-state index contributed by atoms with van der Waals surface area (Å²) < 4.78 is 38.3. The number of nitrogens with one attached hydrogen (secondary N) is 4. The minimum Gasteiger partial charge on any atom is -0.351 e. The lowest BCUT2D eigenvalue weighted by atomic mass is 9.92. The van der Waals surface area contributed by atoms with Crippen molar-refractivity contribution in [1.82, 2.24) is 20.9 Å². The largest absolute Gasteiger partial charge is 0.431 e. The molecule has 1 aliphatic heterocycles. The van der Waals surface area contributed by atoms with Gasteiger partial charge in [0.1, 0.15) is 23.5 Å². The van der Waals surface area contributed by atoms with Crippen molar-refractivity contribution < 1.29 is 27.6 Å². The topological polar surface area (TPSA) is 127 Å². The molecule has 1 aromatic heterocycles. The molecule has 0 bridgehead atoms. The van der Waals surface area contributed by atoms with E-state index in [1.165, 1.54) is 0 Å².